The molecule has 1 amide bonds. The van der Waals surface area contributed by atoms with Gasteiger partial charge in [0.05, 0.1) is 20.7 Å². The van der Waals surface area contributed by atoms with Gasteiger partial charge in [-0.3, -0.25) is 19.2 Å². The molecule has 0 fully saturated rings. The zero-order valence-corrected chi connectivity index (χ0v) is 15.8. The van der Waals surface area contributed by atoms with Gasteiger partial charge in [0.2, 0.25) is 5.91 Å². The number of nitro benzene ring substituents is 1. The third-order valence-corrected chi connectivity index (χ3v) is 5.97. The largest absolute Gasteiger partial charge is 0.368 e. The number of nitrogens with zero attached hydrogens (tertiary/aromatic N) is 2. The molecule has 2 rings (SSSR count). The van der Waals surface area contributed by atoms with Gasteiger partial charge >= 0.3 is 0 Å². The Morgan fingerprint density at radius 3 is 2.31 bits per heavy atom. The predicted octanol–water partition coefficient (Wildman–Crippen LogP) is 3.24. The molecule has 138 valence electrons. The predicted molar refractivity (Wildman–Crippen MR) is 98.3 cm³/mol. The van der Waals surface area contributed by atoms with Gasteiger partial charge in [0.1, 0.15) is 11.4 Å². The summed E-state index contributed by atoms with van der Waals surface area (Å²) in [5, 5.41) is 10.8. The molecule has 0 saturated heterocycles. The lowest BCUT2D eigenvalue weighted by molar-refractivity contribution is -0.384. The number of primary amides is 1. The standard InChI is InChI=1S/C14H10Cl3N3O5S/c15-8-1-3-11(17)13(5-8)26(24,25)19(7-14(18)21)12-6-9(20(22)23)2-4-10(12)16/h1-6H,7H2,(H2,18,21). The zero-order valence-electron chi connectivity index (χ0n) is 12.7. The first kappa shape index (κ1) is 20.2. The van der Waals surface area contributed by atoms with E-state index in [0.717, 1.165) is 24.3 Å². The summed E-state index contributed by atoms with van der Waals surface area (Å²) in [6.07, 6.45) is 0. The molecule has 0 aromatic heterocycles. The van der Waals surface area contributed by atoms with Gasteiger partial charge in [0.25, 0.3) is 15.7 Å². The smallest absolute Gasteiger partial charge is 0.271 e. The Balaban J connectivity index is 2.72. The molecule has 2 N–H and O–H groups in total. The van der Waals surface area contributed by atoms with Crippen molar-refractivity contribution in [3.8, 4) is 0 Å². The van der Waals surface area contributed by atoms with E-state index in [0.29, 0.717) is 4.31 Å². The fourth-order valence-electron chi connectivity index (χ4n) is 2.04. The summed E-state index contributed by atoms with van der Waals surface area (Å²) in [5.74, 6) is -1.01. The van der Waals surface area contributed by atoms with Gasteiger partial charge in [0, 0.05) is 17.2 Å². The number of hydrogen-bond donors (Lipinski definition) is 1. The van der Waals surface area contributed by atoms with Crippen molar-refractivity contribution in [1.29, 1.82) is 0 Å². The van der Waals surface area contributed by atoms with E-state index in [-0.39, 0.29) is 20.8 Å². The van der Waals surface area contributed by atoms with Gasteiger partial charge in [-0.25, -0.2) is 8.42 Å². The van der Waals surface area contributed by atoms with Gasteiger partial charge in [0.15, 0.2) is 0 Å². The molecule has 0 atom stereocenters. The number of anilines is 1. The molecule has 0 bridgehead atoms. The van der Waals surface area contributed by atoms with E-state index in [2.05, 4.69) is 0 Å². The number of nitrogens with two attached hydrogens (primary N) is 1. The molecule has 0 saturated carbocycles. The Kier molecular flexibility index (Phi) is 5.97. The zero-order chi connectivity index (χ0) is 19.6. The molecule has 26 heavy (non-hydrogen) atoms. The fourth-order valence-corrected chi connectivity index (χ4v) is 4.49. The van der Waals surface area contributed by atoms with Crippen LogP contribution in [-0.2, 0) is 14.8 Å². The van der Waals surface area contributed by atoms with Crippen molar-refractivity contribution < 1.29 is 18.1 Å². The van der Waals surface area contributed by atoms with E-state index in [4.69, 9.17) is 40.5 Å². The Morgan fingerprint density at radius 2 is 1.73 bits per heavy atom. The van der Waals surface area contributed by atoms with E-state index in [1.165, 1.54) is 12.1 Å². The maximum Gasteiger partial charge on any atom is 0.271 e. The monoisotopic (exact) mass is 437 g/mol. The maximum atomic E-state index is 13.0. The molecule has 0 radical (unpaired) electrons. The molecule has 0 unspecified atom stereocenters. The summed E-state index contributed by atoms with van der Waals surface area (Å²) in [5.41, 5.74) is 4.42. The summed E-state index contributed by atoms with van der Waals surface area (Å²) in [6, 6.07) is 6.86. The number of carbonyl (C=O) groups is 1. The van der Waals surface area contributed by atoms with Crippen molar-refractivity contribution in [3.05, 3.63) is 61.6 Å². The SMILES string of the molecule is NC(=O)CN(c1cc([N+](=O)[O-])ccc1Cl)S(=O)(=O)c1cc(Cl)ccc1Cl. The number of benzene rings is 2. The Labute approximate surface area is 163 Å². The van der Waals surface area contributed by atoms with Crippen LogP contribution in [0.4, 0.5) is 11.4 Å². The number of halogens is 3. The van der Waals surface area contributed by atoms with Crippen LogP contribution in [-0.4, -0.2) is 25.8 Å². The third kappa shape index (κ3) is 4.18. The molecular formula is C14H10Cl3N3O5S. The molecule has 0 aliphatic heterocycles. The van der Waals surface area contributed by atoms with Crippen LogP contribution in [0.15, 0.2) is 41.3 Å². The summed E-state index contributed by atoms with van der Waals surface area (Å²) >= 11 is 17.8. The molecule has 0 aliphatic rings. The van der Waals surface area contributed by atoms with Crippen LogP contribution in [0.2, 0.25) is 15.1 Å². The molecule has 0 spiro atoms. The molecule has 8 nitrogen and oxygen atoms in total. The Hall–Kier alpha value is -2.07. The lowest BCUT2D eigenvalue weighted by Crippen LogP contribution is -2.38. The number of amides is 1. The molecular weight excluding hydrogens is 429 g/mol. The number of nitro groups is 1. The Morgan fingerprint density at radius 1 is 1.12 bits per heavy atom. The van der Waals surface area contributed by atoms with Crippen LogP contribution in [0.3, 0.4) is 0 Å². The van der Waals surface area contributed by atoms with Crippen molar-refractivity contribution in [2.75, 3.05) is 10.8 Å². The molecule has 2 aromatic rings. The lowest BCUT2D eigenvalue weighted by atomic mass is 10.3. The van der Waals surface area contributed by atoms with Gasteiger partial charge < -0.3 is 5.73 Å². The summed E-state index contributed by atoms with van der Waals surface area (Å²) in [6.45, 7) is -0.813. The average Bonchev–Trinajstić information content (AvgIpc) is 2.55. The Bertz CT molecular complexity index is 997. The van der Waals surface area contributed by atoms with E-state index >= 15 is 0 Å². The highest BCUT2D eigenvalue weighted by molar-refractivity contribution is 7.93. The van der Waals surface area contributed by atoms with Crippen LogP contribution in [0, 0.1) is 10.1 Å². The minimum atomic E-state index is -4.46. The van der Waals surface area contributed by atoms with Crippen LogP contribution in [0.1, 0.15) is 0 Å². The second-order valence-electron chi connectivity index (χ2n) is 4.95. The van der Waals surface area contributed by atoms with Crippen molar-refractivity contribution in [3.63, 3.8) is 0 Å². The third-order valence-electron chi connectivity index (χ3n) is 3.17. The van der Waals surface area contributed by atoms with Crippen molar-refractivity contribution in [1.82, 2.24) is 0 Å². The number of non-ortho nitro benzene ring substituents is 1. The first-order valence-electron chi connectivity index (χ1n) is 6.74. The maximum absolute atomic E-state index is 13.0. The van der Waals surface area contributed by atoms with E-state index in [1.54, 1.807) is 0 Å². The lowest BCUT2D eigenvalue weighted by Gasteiger charge is -2.24. The van der Waals surface area contributed by atoms with Crippen molar-refractivity contribution in [2.45, 2.75) is 4.90 Å². The number of hydrogen-bond acceptors (Lipinski definition) is 5. The van der Waals surface area contributed by atoms with Gasteiger partial charge in [-0.15, -0.1) is 0 Å². The first-order chi connectivity index (χ1) is 12.0. The highest BCUT2D eigenvalue weighted by atomic mass is 35.5. The van der Waals surface area contributed by atoms with E-state index in [1.807, 2.05) is 0 Å². The first-order valence-corrected chi connectivity index (χ1v) is 9.31. The van der Waals surface area contributed by atoms with Crippen LogP contribution < -0.4 is 10.0 Å². The normalized spacial score (nSPS) is 11.2. The van der Waals surface area contributed by atoms with E-state index in [9.17, 15) is 23.3 Å². The van der Waals surface area contributed by atoms with Crippen molar-refractivity contribution in [2.24, 2.45) is 5.73 Å². The minimum Gasteiger partial charge on any atom is -0.368 e. The number of rotatable bonds is 6. The average molecular weight is 439 g/mol. The second-order valence-corrected chi connectivity index (χ2v) is 8.03. The topological polar surface area (TPSA) is 124 Å². The molecule has 12 heteroatoms. The molecule has 0 aliphatic carbocycles. The quantitative estimate of drug-likeness (QED) is 0.547. The highest BCUT2D eigenvalue weighted by Crippen LogP contribution is 2.35. The summed E-state index contributed by atoms with van der Waals surface area (Å²) < 4.78 is 26.6. The molecule has 0 heterocycles. The van der Waals surface area contributed by atoms with Crippen LogP contribution in [0.25, 0.3) is 0 Å². The number of sulfonamides is 1. The van der Waals surface area contributed by atoms with Gasteiger partial charge in [-0.2, -0.15) is 0 Å². The minimum absolute atomic E-state index is 0.0807. The van der Waals surface area contributed by atoms with E-state index < -0.39 is 38.0 Å². The van der Waals surface area contributed by atoms with Gasteiger partial charge in [-0.05, 0) is 24.3 Å². The second kappa shape index (κ2) is 7.67. The van der Waals surface area contributed by atoms with Crippen LogP contribution >= 0.6 is 34.8 Å². The van der Waals surface area contributed by atoms with Gasteiger partial charge in [-0.1, -0.05) is 34.8 Å². The highest BCUT2D eigenvalue weighted by Gasteiger charge is 2.31. The molecule has 2 aromatic carbocycles. The fraction of sp³-hybridized carbons (Fsp3) is 0.0714. The summed E-state index contributed by atoms with van der Waals surface area (Å²) in [7, 11) is -4.46. The van der Waals surface area contributed by atoms with Crippen LogP contribution in [0.5, 0.6) is 0 Å². The van der Waals surface area contributed by atoms with Crippen molar-refractivity contribution >= 4 is 62.1 Å². The summed E-state index contributed by atoms with van der Waals surface area (Å²) in [4.78, 5) is 21.3. The number of carbonyl (C=O) groups excluding carboxylic acids is 1.